The van der Waals surface area contributed by atoms with Gasteiger partial charge in [0.05, 0.1) is 4.90 Å². The molecule has 0 radical (unpaired) electrons. The van der Waals surface area contributed by atoms with Crippen molar-refractivity contribution in [1.29, 1.82) is 0 Å². The molecule has 3 aliphatic rings. The highest BCUT2D eigenvalue weighted by Crippen LogP contribution is 2.76. The summed E-state index contributed by atoms with van der Waals surface area (Å²) >= 11 is 0. The molecule has 4 atom stereocenters. The summed E-state index contributed by atoms with van der Waals surface area (Å²) in [4.78, 5) is 6.11. The average Bonchev–Trinajstić information content (AvgIpc) is 3.11. The first kappa shape index (κ1) is 13.7. The second-order valence-corrected chi connectivity index (χ2v) is 9.17. The topological polar surface area (TPSA) is 49.7 Å². The van der Waals surface area contributed by atoms with E-state index in [0.717, 1.165) is 12.8 Å². The fraction of sp³-hybridized carbons (Fsp3) is 0.625. The van der Waals surface area contributed by atoms with Crippen LogP contribution in [0.5, 0.6) is 0 Å². The van der Waals surface area contributed by atoms with Crippen LogP contribution in [-0.2, 0) is 14.9 Å². The molecule has 0 amide bonds. The first-order chi connectivity index (χ1) is 9.76. The van der Waals surface area contributed by atoms with Crippen molar-refractivity contribution in [3.8, 4) is 0 Å². The third-order valence-corrected chi connectivity index (χ3v) is 8.25. The standard InChI is InChI=1S/C16H21NO3S/c1-14(2)12-9-10-15(14,3)16(11-12)17(20-16)21(18,19)13-7-5-4-6-8-13/h4-8,12H,9-11H2,1-3H3/t12-,15-,16+,17?/m1/s1. The maximum atomic E-state index is 12.8. The summed E-state index contributed by atoms with van der Waals surface area (Å²) in [5.74, 6) is 0.540. The number of rotatable bonds is 2. The van der Waals surface area contributed by atoms with Gasteiger partial charge in [-0.15, -0.1) is 0 Å². The van der Waals surface area contributed by atoms with Gasteiger partial charge >= 0.3 is 0 Å². The highest BCUT2D eigenvalue weighted by molar-refractivity contribution is 7.89. The molecule has 1 aromatic rings. The number of hydroxylamine groups is 1. The molecule has 21 heavy (non-hydrogen) atoms. The molecule has 1 saturated heterocycles. The lowest BCUT2D eigenvalue weighted by Gasteiger charge is -2.36. The average molecular weight is 307 g/mol. The first-order valence-electron chi connectivity index (χ1n) is 7.55. The number of fused-ring (bicyclic) bond motifs is 3. The van der Waals surface area contributed by atoms with Crippen molar-refractivity contribution in [2.75, 3.05) is 0 Å². The summed E-state index contributed by atoms with van der Waals surface area (Å²) in [7, 11) is -3.56. The van der Waals surface area contributed by atoms with Crippen LogP contribution in [0.25, 0.3) is 0 Å². The van der Waals surface area contributed by atoms with Gasteiger partial charge < -0.3 is 0 Å². The van der Waals surface area contributed by atoms with E-state index in [1.165, 1.54) is 10.9 Å². The summed E-state index contributed by atoms with van der Waals surface area (Å²) in [6, 6.07) is 8.57. The molecule has 0 aromatic heterocycles. The molecule has 1 aromatic carbocycles. The minimum absolute atomic E-state index is 0.105. The van der Waals surface area contributed by atoms with Crippen molar-refractivity contribution in [2.24, 2.45) is 16.7 Å². The number of sulfonamides is 1. The van der Waals surface area contributed by atoms with Gasteiger partial charge in [0.25, 0.3) is 10.0 Å². The second kappa shape index (κ2) is 3.70. The number of nitrogens with zero attached hydrogens (tertiary/aromatic N) is 1. The predicted octanol–water partition coefficient (Wildman–Crippen LogP) is 3.17. The Morgan fingerprint density at radius 2 is 1.86 bits per heavy atom. The second-order valence-electron chi connectivity index (χ2n) is 7.41. The zero-order valence-corrected chi connectivity index (χ0v) is 13.5. The Balaban J connectivity index is 1.74. The Kier molecular flexibility index (Phi) is 2.42. The van der Waals surface area contributed by atoms with Crippen molar-refractivity contribution in [1.82, 2.24) is 4.47 Å². The maximum absolute atomic E-state index is 12.8. The highest BCUT2D eigenvalue weighted by Gasteiger charge is 2.82. The van der Waals surface area contributed by atoms with Gasteiger partial charge in [-0.2, -0.15) is 0 Å². The predicted molar refractivity (Wildman–Crippen MR) is 78.5 cm³/mol. The van der Waals surface area contributed by atoms with E-state index in [2.05, 4.69) is 20.8 Å². The molecule has 1 heterocycles. The van der Waals surface area contributed by atoms with Crippen LogP contribution in [0.15, 0.2) is 35.2 Å². The molecule has 2 bridgehead atoms. The minimum Gasteiger partial charge on any atom is -0.255 e. The van der Waals surface area contributed by atoms with Crippen LogP contribution in [-0.4, -0.2) is 18.6 Å². The summed E-state index contributed by atoms with van der Waals surface area (Å²) < 4.78 is 26.9. The molecule has 114 valence electrons. The summed E-state index contributed by atoms with van der Waals surface area (Å²) in [6.45, 7) is 6.71. The van der Waals surface area contributed by atoms with Gasteiger partial charge in [0.1, 0.15) is 0 Å². The SMILES string of the molecule is CC1(C)[C@@H]2CC[C@@]1(C)[C@]1(C2)ON1S(=O)(=O)c1ccccc1. The highest BCUT2D eigenvalue weighted by atomic mass is 32.2. The van der Waals surface area contributed by atoms with Crippen molar-refractivity contribution >= 4 is 10.0 Å². The molecule has 3 fully saturated rings. The van der Waals surface area contributed by atoms with Gasteiger partial charge in [0.2, 0.25) is 0 Å². The quantitative estimate of drug-likeness (QED) is 0.789. The van der Waals surface area contributed by atoms with Gasteiger partial charge in [-0.25, -0.2) is 8.42 Å². The van der Waals surface area contributed by atoms with E-state index < -0.39 is 15.7 Å². The van der Waals surface area contributed by atoms with Crippen LogP contribution < -0.4 is 0 Å². The van der Waals surface area contributed by atoms with Gasteiger partial charge in [-0.3, -0.25) is 4.84 Å². The van der Waals surface area contributed by atoms with Crippen LogP contribution in [0.1, 0.15) is 40.0 Å². The van der Waals surface area contributed by atoms with Crippen LogP contribution in [0.3, 0.4) is 0 Å². The Bertz CT molecular complexity index is 699. The van der Waals surface area contributed by atoms with Crippen LogP contribution in [0.2, 0.25) is 0 Å². The summed E-state index contributed by atoms with van der Waals surface area (Å²) in [5, 5.41) is 0. The smallest absolute Gasteiger partial charge is 0.255 e. The lowest BCUT2D eigenvalue weighted by Crippen LogP contribution is -2.41. The molecule has 5 heteroatoms. The Hall–Kier alpha value is -0.910. The zero-order chi connectivity index (χ0) is 15.1. The monoisotopic (exact) mass is 307 g/mol. The Labute approximate surface area is 126 Å². The molecule has 1 unspecified atom stereocenters. The summed E-state index contributed by atoms with van der Waals surface area (Å²) in [5.41, 5.74) is -0.603. The fourth-order valence-electron chi connectivity index (χ4n) is 4.67. The molecular formula is C16H21NO3S. The molecule has 0 N–H and O–H groups in total. The Morgan fingerprint density at radius 3 is 2.38 bits per heavy atom. The van der Waals surface area contributed by atoms with Crippen molar-refractivity contribution in [3.63, 3.8) is 0 Å². The zero-order valence-electron chi connectivity index (χ0n) is 12.7. The maximum Gasteiger partial charge on any atom is 0.267 e. The van der Waals surface area contributed by atoms with Gasteiger partial charge in [-0.1, -0.05) is 39.0 Å². The van der Waals surface area contributed by atoms with Gasteiger partial charge in [0.15, 0.2) is 5.72 Å². The number of benzene rings is 1. The minimum atomic E-state index is -3.56. The van der Waals surface area contributed by atoms with E-state index in [0.29, 0.717) is 10.8 Å². The lowest BCUT2D eigenvalue weighted by molar-refractivity contribution is 0.0701. The first-order valence-corrected chi connectivity index (χ1v) is 8.99. The Morgan fingerprint density at radius 1 is 1.19 bits per heavy atom. The van der Waals surface area contributed by atoms with E-state index in [-0.39, 0.29) is 10.8 Å². The molecule has 1 spiro atoms. The van der Waals surface area contributed by atoms with Crippen LogP contribution in [0.4, 0.5) is 0 Å². The third kappa shape index (κ3) is 1.40. The van der Waals surface area contributed by atoms with E-state index >= 15 is 0 Å². The van der Waals surface area contributed by atoms with Gasteiger partial charge in [0, 0.05) is 5.41 Å². The molecule has 4 rings (SSSR count). The van der Waals surface area contributed by atoms with E-state index in [9.17, 15) is 8.42 Å². The molecule has 4 nitrogen and oxygen atoms in total. The summed E-state index contributed by atoms with van der Waals surface area (Å²) in [6.07, 6.45) is 3.03. The fourth-order valence-corrected chi connectivity index (χ4v) is 6.25. The van der Waals surface area contributed by atoms with Crippen LogP contribution in [0, 0.1) is 16.7 Å². The molecular weight excluding hydrogens is 286 g/mol. The van der Waals surface area contributed by atoms with Crippen LogP contribution >= 0.6 is 0 Å². The van der Waals surface area contributed by atoms with Crippen molar-refractivity contribution < 1.29 is 13.3 Å². The van der Waals surface area contributed by atoms with Gasteiger partial charge in [-0.05, 0) is 47.2 Å². The largest absolute Gasteiger partial charge is 0.267 e. The molecule has 2 saturated carbocycles. The third-order valence-electron chi connectivity index (χ3n) is 6.58. The molecule has 2 aliphatic carbocycles. The van der Waals surface area contributed by atoms with Crippen molar-refractivity contribution in [3.05, 3.63) is 30.3 Å². The number of hydrogen-bond donors (Lipinski definition) is 0. The lowest BCUT2D eigenvalue weighted by atomic mass is 9.68. The number of hydrogen-bond acceptors (Lipinski definition) is 3. The van der Waals surface area contributed by atoms with E-state index in [1.807, 2.05) is 6.07 Å². The van der Waals surface area contributed by atoms with Crippen molar-refractivity contribution in [2.45, 2.75) is 50.7 Å². The normalized spacial score (nSPS) is 43.4. The van der Waals surface area contributed by atoms with E-state index in [4.69, 9.17) is 4.84 Å². The van der Waals surface area contributed by atoms with E-state index in [1.54, 1.807) is 24.3 Å². The molecule has 1 aliphatic heterocycles.